The van der Waals surface area contributed by atoms with Crippen LogP contribution in [0.25, 0.3) is 0 Å². The Balaban J connectivity index is 1.82. The first kappa shape index (κ1) is 16.6. The molecule has 2 aliphatic rings. The van der Waals surface area contributed by atoms with E-state index in [1.807, 2.05) is 25.7 Å². The average Bonchev–Trinajstić information content (AvgIpc) is 2.37. The number of rotatable bonds is 1. The molecule has 21 heavy (non-hydrogen) atoms. The molecule has 0 aromatic rings. The third kappa shape index (κ3) is 4.58. The quantitative estimate of drug-likeness (QED) is 0.805. The molecule has 2 fully saturated rings. The van der Waals surface area contributed by atoms with E-state index in [1.165, 1.54) is 6.42 Å². The van der Waals surface area contributed by atoms with Gasteiger partial charge in [-0.15, -0.1) is 0 Å². The van der Waals surface area contributed by atoms with Gasteiger partial charge in [0.1, 0.15) is 5.60 Å². The van der Waals surface area contributed by atoms with Crippen LogP contribution in [0.5, 0.6) is 0 Å². The van der Waals surface area contributed by atoms with Gasteiger partial charge in [0.25, 0.3) is 0 Å². The zero-order chi connectivity index (χ0) is 15.6. The van der Waals surface area contributed by atoms with Crippen LogP contribution in [0.15, 0.2) is 0 Å². The minimum atomic E-state index is -0.414. The Hall–Kier alpha value is -0.810. The first-order chi connectivity index (χ1) is 9.76. The molecule has 1 heterocycles. The van der Waals surface area contributed by atoms with Crippen molar-refractivity contribution in [1.82, 2.24) is 9.80 Å². The summed E-state index contributed by atoms with van der Waals surface area (Å²) in [6.45, 7) is 11.5. The summed E-state index contributed by atoms with van der Waals surface area (Å²) in [5.74, 6) is 0.654. The topological polar surface area (TPSA) is 58.8 Å². The minimum Gasteiger partial charge on any atom is -0.444 e. The van der Waals surface area contributed by atoms with Gasteiger partial charge in [-0.25, -0.2) is 4.79 Å². The fourth-order valence-electron chi connectivity index (χ4n) is 3.53. The first-order valence-electron chi connectivity index (χ1n) is 8.24. The predicted octanol–water partition coefficient (Wildman–Crippen LogP) is 2.05. The molecule has 1 amide bonds. The van der Waals surface area contributed by atoms with Crippen LogP contribution in [0.3, 0.4) is 0 Å². The fraction of sp³-hybridized carbons (Fsp3) is 0.938. The van der Waals surface area contributed by atoms with Crippen molar-refractivity contribution in [2.24, 2.45) is 11.7 Å². The normalized spacial score (nSPS) is 32.0. The molecule has 3 atom stereocenters. The van der Waals surface area contributed by atoms with Crippen LogP contribution >= 0.6 is 0 Å². The molecule has 0 aromatic carbocycles. The molecule has 0 bridgehead atoms. The van der Waals surface area contributed by atoms with Gasteiger partial charge in [0, 0.05) is 38.3 Å². The third-order valence-corrected chi connectivity index (χ3v) is 4.60. The van der Waals surface area contributed by atoms with E-state index in [9.17, 15) is 4.79 Å². The van der Waals surface area contributed by atoms with Crippen LogP contribution in [-0.4, -0.2) is 59.8 Å². The summed E-state index contributed by atoms with van der Waals surface area (Å²) in [6, 6.07) is 1.00. The number of amides is 1. The largest absolute Gasteiger partial charge is 0.444 e. The van der Waals surface area contributed by atoms with E-state index >= 15 is 0 Å². The Kier molecular flexibility index (Phi) is 5.15. The molecule has 1 aliphatic heterocycles. The molecule has 2 N–H and O–H groups in total. The summed E-state index contributed by atoms with van der Waals surface area (Å²) < 4.78 is 5.45. The van der Waals surface area contributed by atoms with Crippen LogP contribution in [0.2, 0.25) is 0 Å². The molecular formula is C16H31N3O2. The Bertz CT molecular complexity index is 359. The van der Waals surface area contributed by atoms with Gasteiger partial charge in [0.15, 0.2) is 0 Å². The number of nitrogens with zero attached hydrogens (tertiary/aromatic N) is 2. The lowest BCUT2D eigenvalue weighted by Gasteiger charge is -2.44. The maximum atomic E-state index is 12.1. The molecule has 5 heteroatoms. The van der Waals surface area contributed by atoms with Crippen LogP contribution in [0, 0.1) is 5.92 Å². The fourth-order valence-corrected chi connectivity index (χ4v) is 3.53. The SMILES string of the molecule is CC1CC(N)CCC1N1CCN(C(=O)OC(C)(C)C)CC1. The number of hydrogen-bond acceptors (Lipinski definition) is 4. The highest BCUT2D eigenvalue weighted by Crippen LogP contribution is 2.28. The van der Waals surface area contributed by atoms with Crippen LogP contribution in [0.1, 0.15) is 47.0 Å². The van der Waals surface area contributed by atoms with Gasteiger partial charge in [-0.1, -0.05) is 6.92 Å². The highest BCUT2D eigenvalue weighted by molar-refractivity contribution is 5.68. The Labute approximate surface area is 128 Å². The molecule has 1 saturated carbocycles. The van der Waals surface area contributed by atoms with Crippen LogP contribution in [-0.2, 0) is 4.74 Å². The minimum absolute atomic E-state index is 0.180. The third-order valence-electron chi connectivity index (χ3n) is 4.60. The van der Waals surface area contributed by atoms with E-state index < -0.39 is 5.60 Å². The van der Waals surface area contributed by atoms with Crippen LogP contribution in [0.4, 0.5) is 4.79 Å². The molecule has 3 unspecified atom stereocenters. The highest BCUT2D eigenvalue weighted by Gasteiger charge is 2.33. The molecule has 0 spiro atoms. The Morgan fingerprint density at radius 1 is 1.14 bits per heavy atom. The summed E-state index contributed by atoms with van der Waals surface area (Å²) >= 11 is 0. The zero-order valence-electron chi connectivity index (χ0n) is 14.0. The summed E-state index contributed by atoms with van der Waals surface area (Å²) in [7, 11) is 0. The number of carbonyl (C=O) groups excluding carboxylic acids is 1. The smallest absolute Gasteiger partial charge is 0.410 e. The van der Waals surface area contributed by atoms with Crippen molar-refractivity contribution in [3.8, 4) is 0 Å². The number of hydrogen-bond donors (Lipinski definition) is 1. The number of carbonyl (C=O) groups is 1. The molecule has 1 aliphatic carbocycles. The lowest BCUT2D eigenvalue weighted by atomic mass is 9.82. The second-order valence-corrected chi connectivity index (χ2v) is 7.62. The summed E-state index contributed by atoms with van der Waals surface area (Å²) in [5, 5.41) is 0. The van der Waals surface area contributed by atoms with Crippen molar-refractivity contribution in [2.75, 3.05) is 26.2 Å². The maximum absolute atomic E-state index is 12.1. The summed E-state index contributed by atoms with van der Waals surface area (Å²) in [5.41, 5.74) is 5.64. The van der Waals surface area contributed by atoms with Crippen molar-refractivity contribution in [3.05, 3.63) is 0 Å². The van der Waals surface area contributed by atoms with Gasteiger partial charge in [-0.2, -0.15) is 0 Å². The highest BCUT2D eigenvalue weighted by atomic mass is 16.6. The van der Waals surface area contributed by atoms with Crippen molar-refractivity contribution in [3.63, 3.8) is 0 Å². The molecule has 0 aromatic heterocycles. The zero-order valence-corrected chi connectivity index (χ0v) is 14.0. The number of piperazine rings is 1. The van der Waals surface area contributed by atoms with E-state index in [0.717, 1.165) is 39.0 Å². The van der Waals surface area contributed by atoms with Crippen molar-refractivity contribution in [2.45, 2.75) is 64.6 Å². The molecule has 5 nitrogen and oxygen atoms in total. The van der Waals surface area contributed by atoms with E-state index in [0.29, 0.717) is 18.0 Å². The van der Waals surface area contributed by atoms with Gasteiger partial charge in [-0.05, 0) is 46.0 Å². The molecule has 2 rings (SSSR count). The number of nitrogens with two attached hydrogens (primary N) is 1. The van der Waals surface area contributed by atoms with E-state index in [1.54, 1.807) is 0 Å². The summed E-state index contributed by atoms with van der Waals surface area (Å²) in [4.78, 5) is 16.4. The lowest BCUT2D eigenvalue weighted by Crippen LogP contribution is -2.55. The van der Waals surface area contributed by atoms with E-state index in [2.05, 4.69) is 11.8 Å². The first-order valence-corrected chi connectivity index (χ1v) is 8.24. The van der Waals surface area contributed by atoms with Gasteiger partial charge in [0.2, 0.25) is 0 Å². The van der Waals surface area contributed by atoms with Crippen molar-refractivity contribution < 1.29 is 9.53 Å². The molecule has 0 radical (unpaired) electrons. The van der Waals surface area contributed by atoms with Crippen LogP contribution < -0.4 is 5.73 Å². The maximum Gasteiger partial charge on any atom is 0.410 e. The molecule has 122 valence electrons. The molecule has 1 saturated heterocycles. The van der Waals surface area contributed by atoms with Crippen molar-refractivity contribution >= 4 is 6.09 Å². The van der Waals surface area contributed by atoms with Gasteiger partial charge in [0.05, 0.1) is 0 Å². The monoisotopic (exact) mass is 297 g/mol. The van der Waals surface area contributed by atoms with Gasteiger partial charge in [-0.3, -0.25) is 4.90 Å². The lowest BCUT2D eigenvalue weighted by molar-refractivity contribution is 0.00331. The van der Waals surface area contributed by atoms with E-state index in [4.69, 9.17) is 10.5 Å². The second kappa shape index (κ2) is 6.53. The standard InChI is InChI=1S/C16H31N3O2/c1-12-11-13(17)5-6-14(12)18-7-9-19(10-8-18)15(20)21-16(2,3)4/h12-14H,5-11,17H2,1-4H3. The Morgan fingerprint density at radius 3 is 2.29 bits per heavy atom. The second-order valence-electron chi connectivity index (χ2n) is 7.62. The summed E-state index contributed by atoms with van der Waals surface area (Å²) in [6.07, 6.45) is 3.26. The van der Waals surface area contributed by atoms with Crippen molar-refractivity contribution in [1.29, 1.82) is 0 Å². The van der Waals surface area contributed by atoms with Gasteiger partial charge < -0.3 is 15.4 Å². The number of ether oxygens (including phenoxy) is 1. The van der Waals surface area contributed by atoms with E-state index in [-0.39, 0.29) is 6.09 Å². The Morgan fingerprint density at radius 2 is 1.76 bits per heavy atom. The predicted molar refractivity (Wildman–Crippen MR) is 84.2 cm³/mol. The molecular weight excluding hydrogens is 266 g/mol. The van der Waals surface area contributed by atoms with Gasteiger partial charge >= 0.3 is 6.09 Å². The average molecular weight is 297 g/mol.